The monoisotopic (exact) mass is 177 g/mol. The van der Waals surface area contributed by atoms with Crippen molar-refractivity contribution in [2.75, 3.05) is 7.11 Å². The Bertz CT molecular complexity index is 283. The molecule has 13 heavy (non-hydrogen) atoms. The van der Waals surface area contributed by atoms with Crippen molar-refractivity contribution in [3.05, 3.63) is 29.8 Å². The fourth-order valence-electron chi connectivity index (χ4n) is 0.980. The smallest absolute Gasteiger partial charge is 0.118 e. The molecule has 1 rings (SSSR count). The minimum atomic E-state index is 0.756. The van der Waals surface area contributed by atoms with Crippen LogP contribution in [-0.2, 0) is 6.54 Å². The van der Waals surface area contributed by atoms with Crippen LogP contribution in [0.2, 0.25) is 0 Å². The summed E-state index contributed by atoms with van der Waals surface area (Å²) in [6.07, 6.45) is 0. The molecule has 70 valence electrons. The zero-order chi connectivity index (χ0) is 9.68. The third-order valence-electron chi connectivity index (χ3n) is 1.74. The van der Waals surface area contributed by atoms with E-state index in [0.29, 0.717) is 0 Å². The molecule has 0 aromatic heterocycles. The van der Waals surface area contributed by atoms with Crippen LogP contribution in [0.15, 0.2) is 29.3 Å². The van der Waals surface area contributed by atoms with Crippen molar-refractivity contribution in [3.8, 4) is 5.75 Å². The maximum Gasteiger partial charge on any atom is 0.118 e. The molecule has 0 aliphatic rings. The average Bonchev–Trinajstić information content (AvgIpc) is 2.15. The quantitative estimate of drug-likeness (QED) is 0.650. The lowest BCUT2D eigenvalue weighted by molar-refractivity contribution is 0.414. The van der Waals surface area contributed by atoms with Gasteiger partial charge in [0.25, 0.3) is 0 Å². The standard InChI is InChI=1S/C11H15NO/c1-9(2)12-8-10-4-6-11(13-3)7-5-10/h4-7H,8H2,1-3H3. The van der Waals surface area contributed by atoms with Gasteiger partial charge in [-0.25, -0.2) is 0 Å². The number of aliphatic imine (C=N–C) groups is 1. The molecule has 0 unspecified atom stereocenters. The number of hydrogen-bond donors (Lipinski definition) is 0. The summed E-state index contributed by atoms with van der Waals surface area (Å²) in [6.45, 7) is 4.76. The zero-order valence-electron chi connectivity index (χ0n) is 8.37. The summed E-state index contributed by atoms with van der Waals surface area (Å²) in [7, 11) is 1.67. The molecule has 0 aliphatic heterocycles. The lowest BCUT2D eigenvalue weighted by atomic mass is 10.2. The predicted molar refractivity (Wildman–Crippen MR) is 55.5 cm³/mol. The molecule has 1 aromatic rings. The molecule has 0 aliphatic carbocycles. The van der Waals surface area contributed by atoms with E-state index in [1.807, 2.05) is 38.1 Å². The zero-order valence-corrected chi connectivity index (χ0v) is 8.37. The Hall–Kier alpha value is -1.31. The molecular weight excluding hydrogens is 162 g/mol. The summed E-state index contributed by atoms with van der Waals surface area (Å²) in [5.74, 6) is 0.890. The highest BCUT2D eigenvalue weighted by Gasteiger charge is 1.92. The van der Waals surface area contributed by atoms with Crippen LogP contribution in [0, 0.1) is 0 Å². The molecule has 1 aromatic carbocycles. The minimum Gasteiger partial charge on any atom is -0.497 e. The second-order valence-electron chi connectivity index (χ2n) is 3.11. The first-order valence-electron chi connectivity index (χ1n) is 4.33. The number of nitrogens with zero attached hydrogens (tertiary/aromatic N) is 1. The molecular formula is C11H15NO. The van der Waals surface area contributed by atoms with Crippen molar-refractivity contribution in [2.24, 2.45) is 4.99 Å². The summed E-state index contributed by atoms with van der Waals surface area (Å²) >= 11 is 0. The Kier molecular flexibility index (Phi) is 3.50. The van der Waals surface area contributed by atoms with E-state index in [9.17, 15) is 0 Å². The first kappa shape index (κ1) is 9.78. The third kappa shape index (κ3) is 3.28. The third-order valence-corrected chi connectivity index (χ3v) is 1.74. The van der Waals surface area contributed by atoms with Gasteiger partial charge >= 0.3 is 0 Å². The second kappa shape index (κ2) is 4.65. The van der Waals surface area contributed by atoms with Crippen molar-refractivity contribution >= 4 is 5.71 Å². The van der Waals surface area contributed by atoms with Crippen LogP contribution in [-0.4, -0.2) is 12.8 Å². The van der Waals surface area contributed by atoms with Crippen LogP contribution in [0.5, 0.6) is 5.75 Å². The summed E-state index contributed by atoms with van der Waals surface area (Å²) in [5, 5.41) is 0. The number of rotatable bonds is 3. The molecule has 0 atom stereocenters. The van der Waals surface area contributed by atoms with Gasteiger partial charge in [-0.3, -0.25) is 4.99 Å². The highest BCUT2D eigenvalue weighted by atomic mass is 16.5. The lowest BCUT2D eigenvalue weighted by Crippen LogP contribution is -1.87. The van der Waals surface area contributed by atoms with Gasteiger partial charge in [0.15, 0.2) is 0 Å². The molecule has 0 spiro atoms. The van der Waals surface area contributed by atoms with Crippen molar-refractivity contribution in [3.63, 3.8) is 0 Å². The molecule has 0 fully saturated rings. The predicted octanol–water partition coefficient (Wildman–Crippen LogP) is 2.68. The van der Waals surface area contributed by atoms with Gasteiger partial charge in [0.2, 0.25) is 0 Å². The van der Waals surface area contributed by atoms with Crippen molar-refractivity contribution < 1.29 is 4.74 Å². The van der Waals surface area contributed by atoms with Gasteiger partial charge in [-0.2, -0.15) is 0 Å². The Labute approximate surface area is 79.3 Å². The number of benzene rings is 1. The largest absolute Gasteiger partial charge is 0.497 e. The summed E-state index contributed by atoms with van der Waals surface area (Å²) in [5.41, 5.74) is 2.32. The Morgan fingerprint density at radius 2 is 1.85 bits per heavy atom. The van der Waals surface area contributed by atoms with E-state index in [1.54, 1.807) is 7.11 Å². The summed E-state index contributed by atoms with van der Waals surface area (Å²) in [6, 6.07) is 7.97. The van der Waals surface area contributed by atoms with E-state index in [-0.39, 0.29) is 0 Å². The van der Waals surface area contributed by atoms with Crippen LogP contribution in [0.25, 0.3) is 0 Å². The maximum absolute atomic E-state index is 5.06. The SMILES string of the molecule is COc1ccc(CN=C(C)C)cc1. The van der Waals surface area contributed by atoms with Crippen molar-refractivity contribution in [1.29, 1.82) is 0 Å². The number of ether oxygens (including phenoxy) is 1. The first-order valence-corrected chi connectivity index (χ1v) is 4.33. The van der Waals surface area contributed by atoms with Crippen molar-refractivity contribution in [2.45, 2.75) is 20.4 Å². The molecule has 0 N–H and O–H groups in total. The molecule has 2 heteroatoms. The molecule has 2 nitrogen and oxygen atoms in total. The van der Waals surface area contributed by atoms with Crippen LogP contribution >= 0.6 is 0 Å². The normalized spacial score (nSPS) is 9.46. The first-order chi connectivity index (χ1) is 6.22. The van der Waals surface area contributed by atoms with E-state index in [4.69, 9.17) is 4.74 Å². The van der Waals surface area contributed by atoms with Crippen molar-refractivity contribution in [1.82, 2.24) is 0 Å². The van der Waals surface area contributed by atoms with Gasteiger partial charge in [0.1, 0.15) is 5.75 Å². The second-order valence-corrected chi connectivity index (χ2v) is 3.11. The van der Waals surface area contributed by atoms with E-state index in [1.165, 1.54) is 5.56 Å². The Balaban J connectivity index is 2.64. The van der Waals surface area contributed by atoms with E-state index >= 15 is 0 Å². The number of hydrogen-bond acceptors (Lipinski definition) is 2. The fraction of sp³-hybridized carbons (Fsp3) is 0.364. The fourth-order valence-corrected chi connectivity index (χ4v) is 0.980. The van der Waals surface area contributed by atoms with Crippen LogP contribution in [0.4, 0.5) is 0 Å². The molecule has 0 saturated carbocycles. The topological polar surface area (TPSA) is 21.6 Å². The molecule has 0 saturated heterocycles. The van der Waals surface area contributed by atoms with Gasteiger partial charge in [0.05, 0.1) is 13.7 Å². The van der Waals surface area contributed by atoms with Crippen LogP contribution in [0.1, 0.15) is 19.4 Å². The van der Waals surface area contributed by atoms with E-state index in [2.05, 4.69) is 4.99 Å². The van der Waals surface area contributed by atoms with Gasteiger partial charge < -0.3 is 4.74 Å². The molecule has 0 bridgehead atoms. The molecule has 0 heterocycles. The van der Waals surface area contributed by atoms with E-state index in [0.717, 1.165) is 18.0 Å². The van der Waals surface area contributed by atoms with Crippen LogP contribution in [0.3, 0.4) is 0 Å². The lowest BCUT2D eigenvalue weighted by Gasteiger charge is -2.00. The van der Waals surface area contributed by atoms with Gasteiger partial charge in [0, 0.05) is 5.71 Å². The van der Waals surface area contributed by atoms with E-state index < -0.39 is 0 Å². The minimum absolute atomic E-state index is 0.756. The highest BCUT2D eigenvalue weighted by Crippen LogP contribution is 2.11. The molecule has 0 radical (unpaired) electrons. The van der Waals surface area contributed by atoms with Gasteiger partial charge in [-0.1, -0.05) is 12.1 Å². The Morgan fingerprint density at radius 3 is 2.31 bits per heavy atom. The summed E-state index contributed by atoms with van der Waals surface area (Å²) in [4.78, 5) is 4.33. The average molecular weight is 177 g/mol. The number of methoxy groups -OCH3 is 1. The summed E-state index contributed by atoms with van der Waals surface area (Å²) < 4.78 is 5.06. The maximum atomic E-state index is 5.06. The van der Waals surface area contributed by atoms with Gasteiger partial charge in [-0.05, 0) is 31.5 Å². The van der Waals surface area contributed by atoms with Gasteiger partial charge in [-0.15, -0.1) is 0 Å². The van der Waals surface area contributed by atoms with Crippen LogP contribution < -0.4 is 4.74 Å². The highest BCUT2D eigenvalue weighted by molar-refractivity contribution is 5.79. The molecule has 0 amide bonds. The Morgan fingerprint density at radius 1 is 1.23 bits per heavy atom.